The predicted octanol–water partition coefficient (Wildman–Crippen LogP) is 8.69. The summed E-state index contributed by atoms with van der Waals surface area (Å²) in [5.74, 6) is 0. The predicted molar refractivity (Wildman–Crippen MR) is 106 cm³/mol. The number of halogens is 7. The van der Waals surface area contributed by atoms with Gasteiger partial charge in [-0.15, -0.1) is 0 Å². The van der Waals surface area contributed by atoms with Crippen LogP contribution in [-0.2, 0) is 0 Å². The van der Waals surface area contributed by atoms with Crippen LogP contribution in [0.5, 0.6) is 0 Å². The average molecular weight is 706 g/mol. The van der Waals surface area contributed by atoms with Gasteiger partial charge < -0.3 is 0 Å². The van der Waals surface area contributed by atoms with Crippen molar-refractivity contribution in [3.05, 3.63) is 49.5 Å². The van der Waals surface area contributed by atoms with Crippen LogP contribution < -0.4 is 0 Å². The van der Waals surface area contributed by atoms with E-state index < -0.39 is 0 Å². The van der Waals surface area contributed by atoms with Crippen LogP contribution in [0.2, 0.25) is 0 Å². The summed E-state index contributed by atoms with van der Waals surface area (Å²) in [6.45, 7) is 0. The molecule has 0 aliphatic heterocycles. The van der Waals surface area contributed by atoms with Gasteiger partial charge in [0.1, 0.15) is 0 Å². The van der Waals surface area contributed by atoms with Crippen LogP contribution in [0, 0.1) is 0 Å². The molecular weight excluding hydrogens is 703 g/mol. The fourth-order valence-electron chi connectivity index (χ4n) is 1.49. The molecule has 0 saturated carbocycles. The van der Waals surface area contributed by atoms with Crippen LogP contribution in [0.25, 0.3) is 11.1 Å². The maximum absolute atomic E-state index is 3.63. The first-order valence-corrected chi connectivity index (χ1v) is 10.4. The Bertz CT molecular complexity index is 641. The minimum absolute atomic E-state index is 0.979. The van der Waals surface area contributed by atoms with E-state index in [4.69, 9.17) is 0 Å². The van der Waals surface area contributed by atoms with Gasteiger partial charge in [-0.05, 0) is 141 Å². The Morgan fingerprint density at radius 3 is 1.47 bits per heavy atom. The van der Waals surface area contributed by atoms with E-state index in [-0.39, 0.29) is 0 Å². The van der Waals surface area contributed by atoms with Gasteiger partial charge >= 0.3 is 0 Å². The fraction of sp³-hybridized carbons (Fsp3) is 0. The van der Waals surface area contributed by atoms with Crippen molar-refractivity contribution in [3.8, 4) is 11.1 Å². The molecule has 0 atom stereocenters. The molecule has 0 saturated heterocycles. The standard InChI is InChI=1S/C12H3Br7/c13-6-1-4(2-7(14)10(6)17)5-3-8(15)11(18)12(19)9(5)16/h1-3H. The molecule has 7 heteroatoms. The summed E-state index contributed by atoms with van der Waals surface area (Å²) in [6.07, 6.45) is 0. The summed E-state index contributed by atoms with van der Waals surface area (Å²) >= 11 is 24.9. The van der Waals surface area contributed by atoms with Crippen LogP contribution in [0.1, 0.15) is 0 Å². The Labute approximate surface area is 170 Å². The van der Waals surface area contributed by atoms with E-state index in [1.807, 2.05) is 0 Å². The Hall–Kier alpha value is 1.80. The molecule has 100 valence electrons. The third-order valence-electron chi connectivity index (χ3n) is 2.40. The summed E-state index contributed by atoms with van der Waals surface area (Å²) in [5.41, 5.74) is 2.19. The first-order chi connectivity index (χ1) is 8.82. The lowest BCUT2D eigenvalue weighted by molar-refractivity contribution is 1.45. The number of hydrogen-bond acceptors (Lipinski definition) is 0. The van der Waals surface area contributed by atoms with Crippen molar-refractivity contribution in [3.63, 3.8) is 0 Å². The topological polar surface area (TPSA) is 0 Å². The van der Waals surface area contributed by atoms with Gasteiger partial charge in [-0.1, -0.05) is 0 Å². The largest absolute Gasteiger partial charge is 0.0495 e. The summed E-state index contributed by atoms with van der Waals surface area (Å²) in [7, 11) is 0. The van der Waals surface area contributed by atoms with E-state index in [0.29, 0.717) is 0 Å². The second-order valence-electron chi connectivity index (χ2n) is 3.60. The average Bonchev–Trinajstić information content (AvgIpc) is 2.37. The minimum atomic E-state index is 0.979. The molecule has 0 fully saturated rings. The van der Waals surface area contributed by atoms with Crippen molar-refractivity contribution in [2.75, 3.05) is 0 Å². The van der Waals surface area contributed by atoms with E-state index in [2.05, 4.69) is 130 Å². The highest BCUT2D eigenvalue weighted by Gasteiger charge is 2.15. The molecule has 0 aliphatic carbocycles. The summed E-state index contributed by atoms with van der Waals surface area (Å²) in [6, 6.07) is 6.21. The van der Waals surface area contributed by atoms with Crippen molar-refractivity contribution < 1.29 is 0 Å². The van der Waals surface area contributed by atoms with Crippen LogP contribution >= 0.6 is 112 Å². The summed E-state index contributed by atoms with van der Waals surface area (Å²) < 4.78 is 6.96. The maximum atomic E-state index is 3.63. The molecule has 0 nitrogen and oxygen atoms in total. The molecule has 0 N–H and O–H groups in total. The zero-order chi connectivity index (χ0) is 14.3. The molecule has 0 radical (unpaired) electrons. The van der Waals surface area contributed by atoms with Crippen LogP contribution in [0.4, 0.5) is 0 Å². The van der Waals surface area contributed by atoms with Crippen LogP contribution in [0.3, 0.4) is 0 Å². The molecule has 0 amide bonds. The Morgan fingerprint density at radius 2 is 0.947 bits per heavy atom. The second kappa shape index (κ2) is 6.92. The van der Waals surface area contributed by atoms with E-state index in [0.717, 1.165) is 42.4 Å². The van der Waals surface area contributed by atoms with E-state index in [1.165, 1.54) is 0 Å². The van der Waals surface area contributed by atoms with E-state index >= 15 is 0 Å². The molecule has 2 aromatic carbocycles. The van der Waals surface area contributed by atoms with E-state index in [1.54, 1.807) is 0 Å². The molecule has 0 heterocycles. The van der Waals surface area contributed by atoms with Crippen molar-refractivity contribution in [1.29, 1.82) is 0 Å². The van der Waals surface area contributed by atoms with E-state index in [9.17, 15) is 0 Å². The van der Waals surface area contributed by atoms with Gasteiger partial charge in [0.15, 0.2) is 0 Å². The van der Waals surface area contributed by atoms with Crippen molar-refractivity contribution in [2.45, 2.75) is 0 Å². The third kappa shape index (κ3) is 3.59. The second-order valence-corrected chi connectivity index (χ2v) is 9.34. The van der Waals surface area contributed by atoms with Gasteiger partial charge in [0, 0.05) is 31.3 Å². The van der Waals surface area contributed by atoms with Gasteiger partial charge in [0.2, 0.25) is 0 Å². The summed E-state index contributed by atoms with van der Waals surface area (Å²) in [4.78, 5) is 0. The molecule has 0 aromatic heterocycles. The molecule has 0 unspecified atom stereocenters. The zero-order valence-corrected chi connectivity index (χ0v) is 20.0. The van der Waals surface area contributed by atoms with Crippen LogP contribution in [-0.4, -0.2) is 0 Å². The van der Waals surface area contributed by atoms with Gasteiger partial charge in [0.05, 0.1) is 0 Å². The summed E-state index contributed by atoms with van der Waals surface area (Å²) in [5, 5.41) is 0. The van der Waals surface area contributed by atoms with Crippen molar-refractivity contribution in [1.82, 2.24) is 0 Å². The Balaban J connectivity index is 2.73. The lowest BCUT2D eigenvalue weighted by atomic mass is 10.1. The van der Waals surface area contributed by atoms with Gasteiger partial charge in [0.25, 0.3) is 0 Å². The first kappa shape index (κ1) is 17.2. The van der Waals surface area contributed by atoms with Crippen molar-refractivity contribution in [2.24, 2.45) is 0 Å². The number of hydrogen-bond donors (Lipinski definition) is 0. The highest BCUT2D eigenvalue weighted by molar-refractivity contribution is 9.15. The zero-order valence-electron chi connectivity index (χ0n) is 8.88. The quantitative estimate of drug-likeness (QED) is 0.206. The molecule has 0 spiro atoms. The Kier molecular flexibility index (Phi) is 6.25. The minimum Gasteiger partial charge on any atom is -0.0495 e. The lowest BCUT2D eigenvalue weighted by Gasteiger charge is -2.12. The lowest BCUT2D eigenvalue weighted by Crippen LogP contribution is -1.86. The maximum Gasteiger partial charge on any atom is 0.0477 e. The molecular formula is C12H3Br7. The third-order valence-corrected chi connectivity index (χ3v) is 10.2. The number of benzene rings is 2. The van der Waals surface area contributed by atoms with Gasteiger partial charge in [-0.25, -0.2) is 0 Å². The monoisotopic (exact) mass is 699 g/mol. The SMILES string of the molecule is Brc1cc(-c2cc(Br)c(Br)c(Br)c2Br)cc(Br)c1Br. The highest BCUT2D eigenvalue weighted by atomic mass is 79.9. The molecule has 2 aromatic rings. The van der Waals surface area contributed by atoms with Gasteiger partial charge in [-0.3, -0.25) is 0 Å². The molecule has 0 aliphatic rings. The number of rotatable bonds is 1. The normalized spacial score (nSPS) is 10.9. The Morgan fingerprint density at radius 1 is 0.474 bits per heavy atom. The fourth-order valence-corrected chi connectivity index (χ4v) is 5.15. The molecule has 0 bridgehead atoms. The van der Waals surface area contributed by atoms with Gasteiger partial charge in [-0.2, -0.15) is 0 Å². The first-order valence-electron chi connectivity index (χ1n) is 4.80. The molecule has 19 heavy (non-hydrogen) atoms. The highest BCUT2D eigenvalue weighted by Crippen LogP contribution is 2.44. The smallest absolute Gasteiger partial charge is 0.0477 e. The van der Waals surface area contributed by atoms with Crippen molar-refractivity contribution >= 4 is 112 Å². The van der Waals surface area contributed by atoms with Crippen LogP contribution in [0.15, 0.2) is 49.5 Å². The molecule has 2 rings (SSSR count).